The lowest BCUT2D eigenvalue weighted by Crippen LogP contribution is -2.15. The highest BCUT2D eigenvalue weighted by Gasteiger charge is 2.05. The fourth-order valence-corrected chi connectivity index (χ4v) is 1.37. The van der Waals surface area contributed by atoms with E-state index in [1.807, 2.05) is 6.92 Å². The molecule has 0 atom stereocenters. The number of H-pyrrole nitrogens is 1. The van der Waals surface area contributed by atoms with Gasteiger partial charge in [-0.3, -0.25) is 9.89 Å². The smallest absolute Gasteiger partial charge is 0.272 e. The van der Waals surface area contributed by atoms with Crippen LogP contribution in [0.3, 0.4) is 0 Å². The van der Waals surface area contributed by atoms with Crippen molar-refractivity contribution in [3.63, 3.8) is 0 Å². The molecule has 5 heteroatoms. The molecule has 2 rings (SSSR count). The number of methoxy groups -OCH3 is 1. The lowest BCUT2D eigenvalue weighted by Gasteiger charge is -1.99. The molecule has 0 fully saturated rings. The van der Waals surface area contributed by atoms with E-state index in [0.717, 1.165) is 5.56 Å². The molecule has 2 aromatic heterocycles. The number of ether oxygens (including phenoxy) is 1. The average molecular weight is 193 g/mol. The van der Waals surface area contributed by atoms with E-state index in [0.29, 0.717) is 17.9 Å². The second-order valence-electron chi connectivity index (χ2n) is 3.13. The van der Waals surface area contributed by atoms with Crippen molar-refractivity contribution >= 4 is 5.65 Å². The maximum Gasteiger partial charge on any atom is 0.272 e. The van der Waals surface area contributed by atoms with Crippen molar-refractivity contribution in [2.24, 2.45) is 0 Å². The average Bonchev–Trinajstić information content (AvgIpc) is 2.49. The number of hydrogen-bond acceptors (Lipinski definition) is 3. The summed E-state index contributed by atoms with van der Waals surface area (Å²) in [6.07, 6.45) is 1.75. The number of aromatic amines is 1. The van der Waals surface area contributed by atoms with Gasteiger partial charge in [0, 0.05) is 24.9 Å². The summed E-state index contributed by atoms with van der Waals surface area (Å²) < 4.78 is 6.34. The van der Waals surface area contributed by atoms with Gasteiger partial charge in [0.15, 0.2) is 5.65 Å². The minimum Gasteiger partial charge on any atom is -0.378 e. The van der Waals surface area contributed by atoms with Gasteiger partial charge in [-0.25, -0.2) is 9.50 Å². The van der Waals surface area contributed by atoms with Crippen LogP contribution in [-0.2, 0) is 11.3 Å². The largest absolute Gasteiger partial charge is 0.378 e. The number of aryl methyl sites for hydroxylation is 1. The molecule has 0 amide bonds. The van der Waals surface area contributed by atoms with Gasteiger partial charge in [-0.1, -0.05) is 0 Å². The van der Waals surface area contributed by atoms with Gasteiger partial charge in [-0.2, -0.15) is 0 Å². The van der Waals surface area contributed by atoms with Crippen LogP contribution < -0.4 is 5.56 Å². The molecule has 0 bridgehead atoms. The molecule has 0 radical (unpaired) electrons. The van der Waals surface area contributed by atoms with Gasteiger partial charge in [0.1, 0.15) is 0 Å². The second kappa shape index (κ2) is 3.26. The molecule has 0 aromatic carbocycles. The SMILES string of the molecule is COCc1cc(=O)n2[nH]cc(C)c2n1. The molecule has 0 aliphatic rings. The number of nitrogens with one attached hydrogen (secondary N) is 1. The van der Waals surface area contributed by atoms with Crippen LogP contribution in [0.15, 0.2) is 17.1 Å². The fraction of sp³-hybridized carbons (Fsp3) is 0.333. The van der Waals surface area contributed by atoms with Crippen LogP contribution in [0, 0.1) is 6.92 Å². The number of hydrogen-bond donors (Lipinski definition) is 1. The van der Waals surface area contributed by atoms with Crippen molar-refractivity contribution in [1.29, 1.82) is 0 Å². The summed E-state index contributed by atoms with van der Waals surface area (Å²) in [7, 11) is 1.58. The van der Waals surface area contributed by atoms with Crippen LogP contribution in [0.25, 0.3) is 5.65 Å². The van der Waals surface area contributed by atoms with Crippen molar-refractivity contribution in [2.45, 2.75) is 13.5 Å². The zero-order valence-electron chi connectivity index (χ0n) is 8.07. The number of aromatic nitrogens is 3. The predicted octanol–water partition coefficient (Wildman–Crippen LogP) is 0.477. The number of nitrogens with zero attached hydrogens (tertiary/aromatic N) is 2. The molecular weight excluding hydrogens is 182 g/mol. The van der Waals surface area contributed by atoms with Gasteiger partial charge in [-0.05, 0) is 6.92 Å². The van der Waals surface area contributed by atoms with Crippen molar-refractivity contribution in [3.8, 4) is 0 Å². The highest BCUT2D eigenvalue weighted by atomic mass is 16.5. The van der Waals surface area contributed by atoms with Crippen LogP contribution in [0.1, 0.15) is 11.3 Å². The molecule has 0 spiro atoms. The lowest BCUT2D eigenvalue weighted by atomic mass is 10.3. The molecule has 14 heavy (non-hydrogen) atoms. The first-order valence-electron chi connectivity index (χ1n) is 4.28. The molecule has 74 valence electrons. The first-order chi connectivity index (χ1) is 6.72. The third-order valence-corrected chi connectivity index (χ3v) is 2.03. The summed E-state index contributed by atoms with van der Waals surface area (Å²) in [5.41, 5.74) is 2.14. The van der Waals surface area contributed by atoms with Crippen molar-refractivity contribution in [1.82, 2.24) is 14.6 Å². The number of rotatable bonds is 2. The highest BCUT2D eigenvalue weighted by Crippen LogP contribution is 2.04. The number of fused-ring (bicyclic) bond motifs is 1. The van der Waals surface area contributed by atoms with Gasteiger partial charge >= 0.3 is 0 Å². The van der Waals surface area contributed by atoms with Crippen molar-refractivity contribution < 1.29 is 4.74 Å². The first-order valence-corrected chi connectivity index (χ1v) is 4.28. The first kappa shape index (κ1) is 8.96. The third-order valence-electron chi connectivity index (χ3n) is 2.03. The Balaban J connectivity index is 2.69. The second-order valence-corrected chi connectivity index (χ2v) is 3.13. The maximum atomic E-state index is 11.5. The van der Waals surface area contributed by atoms with Crippen molar-refractivity contribution in [3.05, 3.63) is 33.9 Å². The molecule has 2 heterocycles. The molecule has 2 aromatic rings. The standard InChI is InChI=1S/C9H11N3O2/c1-6-4-10-12-8(13)3-7(5-14-2)11-9(6)12/h3-4,10H,5H2,1-2H3. The Morgan fingerprint density at radius 3 is 3.14 bits per heavy atom. The van der Waals surface area contributed by atoms with E-state index in [2.05, 4.69) is 10.1 Å². The normalized spacial score (nSPS) is 11.0. The van der Waals surface area contributed by atoms with Gasteiger partial charge in [0.2, 0.25) is 0 Å². The van der Waals surface area contributed by atoms with Crippen LogP contribution in [0.4, 0.5) is 0 Å². The van der Waals surface area contributed by atoms with E-state index < -0.39 is 0 Å². The van der Waals surface area contributed by atoms with E-state index in [1.54, 1.807) is 13.3 Å². The summed E-state index contributed by atoms with van der Waals surface area (Å²) in [6.45, 7) is 2.26. The third kappa shape index (κ3) is 1.31. The van der Waals surface area contributed by atoms with Crippen molar-refractivity contribution in [2.75, 3.05) is 7.11 Å². The van der Waals surface area contributed by atoms with E-state index in [-0.39, 0.29) is 5.56 Å². The molecule has 1 N–H and O–H groups in total. The molecule has 5 nitrogen and oxygen atoms in total. The quantitative estimate of drug-likeness (QED) is 0.754. The van der Waals surface area contributed by atoms with E-state index in [9.17, 15) is 4.79 Å². The van der Waals surface area contributed by atoms with Crippen LogP contribution >= 0.6 is 0 Å². The molecule has 0 saturated heterocycles. The van der Waals surface area contributed by atoms with E-state index in [1.165, 1.54) is 10.6 Å². The Bertz CT molecular complexity index is 512. The van der Waals surface area contributed by atoms with Gasteiger partial charge in [0.05, 0.1) is 12.3 Å². The zero-order chi connectivity index (χ0) is 10.1. The topological polar surface area (TPSA) is 59.4 Å². The van der Waals surface area contributed by atoms with Crippen LogP contribution in [0.2, 0.25) is 0 Å². The minimum atomic E-state index is -0.116. The van der Waals surface area contributed by atoms with Gasteiger partial charge < -0.3 is 4.74 Å². The maximum absolute atomic E-state index is 11.5. The van der Waals surface area contributed by atoms with Crippen LogP contribution in [0.5, 0.6) is 0 Å². The fourth-order valence-electron chi connectivity index (χ4n) is 1.37. The molecular formula is C9H11N3O2. The zero-order valence-corrected chi connectivity index (χ0v) is 8.07. The monoisotopic (exact) mass is 193 g/mol. The summed E-state index contributed by atoms with van der Waals surface area (Å²) in [4.78, 5) is 15.8. The summed E-state index contributed by atoms with van der Waals surface area (Å²) >= 11 is 0. The minimum absolute atomic E-state index is 0.116. The van der Waals surface area contributed by atoms with Gasteiger partial charge in [-0.15, -0.1) is 0 Å². The molecule has 0 aliphatic heterocycles. The van der Waals surface area contributed by atoms with E-state index in [4.69, 9.17) is 4.74 Å². The molecule has 0 aliphatic carbocycles. The highest BCUT2D eigenvalue weighted by molar-refractivity contribution is 5.45. The van der Waals surface area contributed by atoms with Gasteiger partial charge in [0.25, 0.3) is 5.56 Å². The summed E-state index contributed by atoms with van der Waals surface area (Å²) in [5.74, 6) is 0. The Morgan fingerprint density at radius 1 is 1.64 bits per heavy atom. The van der Waals surface area contributed by atoms with E-state index >= 15 is 0 Å². The summed E-state index contributed by atoms with van der Waals surface area (Å²) in [6, 6.07) is 1.46. The molecule has 0 unspecified atom stereocenters. The molecule has 0 saturated carbocycles. The lowest BCUT2D eigenvalue weighted by molar-refractivity contribution is 0.181. The Kier molecular flexibility index (Phi) is 2.09. The Morgan fingerprint density at radius 2 is 2.43 bits per heavy atom. The Labute approximate surface area is 80.3 Å². The van der Waals surface area contributed by atoms with Crippen LogP contribution in [-0.4, -0.2) is 21.7 Å². The Hall–Kier alpha value is -1.62. The summed E-state index contributed by atoms with van der Waals surface area (Å²) in [5, 5.41) is 2.83. The predicted molar refractivity (Wildman–Crippen MR) is 51.3 cm³/mol.